The van der Waals surface area contributed by atoms with Crippen molar-refractivity contribution in [1.29, 1.82) is 0 Å². The highest BCUT2D eigenvalue weighted by atomic mass is 32.2. The van der Waals surface area contributed by atoms with Crippen molar-refractivity contribution in [1.82, 2.24) is 19.9 Å². The minimum atomic E-state index is -3.44. The number of aromatic nitrogens is 3. The zero-order valence-electron chi connectivity index (χ0n) is 11.9. The molecule has 1 saturated heterocycles. The van der Waals surface area contributed by atoms with E-state index in [0.717, 1.165) is 6.26 Å². The highest BCUT2D eigenvalue weighted by molar-refractivity contribution is 7.92. The molecular weight excluding hydrogens is 306 g/mol. The van der Waals surface area contributed by atoms with Crippen molar-refractivity contribution in [3.63, 3.8) is 0 Å². The summed E-state index contributed by atoms with van der Waals surface area (Å²) in [7, 11) is -3.44. The van der Waals surface area contributed by atoms with Gasteiger partial charge in [-0.05, 0) is 12.1 Å². The standard InChI is InChI=1S/C13H15N5O3S/c1-22(20,21)15-12-5-3-2-4-11(12)13(19)17-8-10(9-17)18-7-6-14-16-18/h2-7,10,15H,8-9H2,1H3. The summed E-state index contributed by atoms with van der Waals surface area (Å²) < 4.78 is 26.8. The normalized spacial score (nSPS) is 15.4. The van der Waals surface area contributed by atoms with Crippen molar-refractivity contribution in [2.45, 2.75) is 6.04 Å². The number of rotatable bonds is 4. The van der Waals surface area contributed by atoms with E-state index in [9.17, 15) is 13.2 Å². The van der Waals surface area contributed by atoms with Crippen molar-refractivity contribution in [2.75, 3.05) is 24.1 Å². The molecule has 0 atom stereocenters. The number of sulfonamides is 1. The molecule has 2 heterocycles. The van der Waals surface area contributed by atoms with Crippen LogP contribution in [0.3, 0.4) is 0 Å². The highest BCUT2D eigenvalue weighted by Crippen LogP contribution is 2.25. The maximum atomic E-state index is 12.5. The molecule has 1 N–H and O–H groups in total. The minimum Gasteiger partial charge on any atom is -0.334 e. The van der Waals surface area contributed by atoms with E-state index in [-0.39, 0.29) is 11.9 Å². The summed E-state index contributed by atoms with van der Waals surface area (Å²) in [6.07, 6.45) is 4.40. The zero-order chi connectivity index (χ0) is 15.7. The highest BCUT2D eigenvalue weighted by Gasteiger charge is 2.33. The SMILES string of the molecule is CS(=O)(=O)Nc1ccccc1C(=O)N1CC(n2ccnn2)C1. The van der Waals surface area contributed by atoms with Crippen LogP contribution in [-0.4, -0.2) is 53.6 Å². The molecule has 9 heteroatoms. The van der Waals surface area contributed by atoms with Crippen molar-refractivity contribution in [3.8, 4) is 0 Å². The molecule has 0 unspecified atom stereocenters. The number of anilines is 1. The van der Waals surface area contributed by atoms with Crippen molar-refractivity contribution >= 4 is 21.6 Å². The van der Waals surface area contributed by atoms with Crippen LogP contribution in [0.5, 0.6) is 0 Å². The fourth-order valence-electron chi connectivity index (χ4n) is 2.33. The van der Waals surface area contributed by atoms with Crippen molar-refractivity contribution in [2.24, 2.45) is 0 Å². The molecule has 1 aliphatic heterocycles. The maximum absolute atomic E-state index is 12.5. The molecule has 1 fully saturated rings. The van der Waals surface area contributed by atoms with Crippen LogP contribution < -0.4 is 4.72 Å². The van der Waals surface area contributed by atoms with Gasteiger partial charge in [0.1, 0.15) is 0 Å². The average molecular weight is 321 g/mol. The van der Waals surface area contributed by atoms with E-state index in [1.807, 2.05) is 0 Å². The Morgan fingerprint density at radius 1 is 1.32 bits per heavy atom. The lowest BCUT2D eigenvalue weighted by atomic mass is 10.1. The van der Waals surface area contributed by atoms with E-state index in [4.69, 9.17) is 0 Å². The summed E-state index contributed by atoms with van der Waals surface area (Å²) >= 11 is 0. The van der Waals surface area contributed by atoms with Gasteiger partial charge in [-0.3, -0.25) is 9.52 Å². The van der Waals surface area contributed by atoms with Gasteiger partial charge in [-0.25, -0.2) is 13.1 Å². The number of nitrogens with zero attached hydrogens (tertiary/aromatic N) is 4. The first-order chi connectivity index (χ1) is 10.4. The van der Waals surface area contributed by atoms with Gasteiger partial charge in [-0.15, -0.1) is 5.10 Å². The minimum absolute atomic E-state index is 0.112. The van der Waals surface area contributed by atoms with Gasteiger partial charge >= 0.3 is 0 Å². The van der Waals surface area contributed by atoms with Gasteiger partial charge in [-0.2, -0.15) is 0 Å². The first-order valence-corrected chi connectivity index (χ1v) is 8.55. The van der Waals surface area contributed by atoms with E-state index >= 15 is 0 Å². The predicted octanol–water partition coefficient (Wildman–Crippen LogP) is 0.347. The number of carbonyl (C=O) groups excluding carboxylic acids is 1. The predicted molar refractivity (Wildman–Crippen MR) is 79.9 cm³/mol. The fraction of sp³-hybridized carbons (Fsp3) is 0.308. The summed E-state index contributed by atoms with van der Waals surface area (Å²) in [5, 5.41) is 7.65. The van der Waals surface area contributed by atoms with Gasteiger partial charge in [0.2, 0.25) is 10.0 Å². The third-order valence-corrected chi connectivity index (χ3v) is 4.01. The van der Waals surface area contributed by atoms with Crippen LogP contribution in [0.2, 0.25) is 0 Å². The quantitative estimate of drug-likeness (QED) is 0.876. The Bertz CT molecular complexity index is 782. The summed E-state index contributed by atoms with van der Waals surface area (Å²) in [4.78, 5) is 14.1. The Morgan fingerprint density at radius 3 is 2.68 bits per heavy atom. The van der Waals surface area contributed by atoms with Gasteiger partial charge < -0.3 is 4.90 Å². The number of likely N-dealkylation sites (tertiary alicyclic amines) is 1. The molecule has 8 nitrogen and oxygen atoms in total. The molecule has 0 saturated carbocycles. The van der Waals surface area contributed by atoms with Crippen molar-refractivity contribution < 1.29 is 13.2 Å². The molecule has 0 radical (unpaired) electrons. The molecule has 22 heavy (non-hydrogen) atoms. The molecule has 1 amide bonds. The Balaban J connectivity index is 1.74. The van der Waals surface area contributed by atoms with Crippen molar-refractivity contribution in [3.05, 3.63) is 42.2 Å². The van der Waals surface area contributed by atoms with Crippen LogP contribution in [0.25, 0.3) is 0 Å². The lowest BCUT2D eigenvalue weighted by Gasteiger charge is -2.39. The molecule has 1 aromatic carbocycles. The molecular formula is C13H15N5O3S. The van der Waals surface area contributed by atoms with Gasteiger partial charge in [-0.1, -0.05) is 17.3 Å². The topological polar surface area (TPSA) is 97.2 Å². The number of amides is 1. The first kappa shape index (κ1) is 14.5. The molecule has 0 spiro atoms. The zero-order valence-corrected chi connectivity index (χ0v) is 12.7. The smallest absolute Gasteiger partial charge is 0.256 e. The van der Waals surface area contributed by atoms with Crippen LogP contribution in [0.4, 0.5) is 5.69 Å². The second-order valence-corrected chi connectivity index (χ2v) is 6.92. The largest absolute Gasteiger partial charge is 0.334 e. The summed E-state index contributed by atoms with van der Waals surface area (Å²) in [6, 6.07) is 6.68. The van der Waals surface area contributed by atoms with Crippen LogP contribution in [0, 0.1) is 0 Å². The Labute approximate surface area is 127 Å². The van der Waals surface area contributed by atoms with E-state index in [1.165, 1.54) is 0 Å². The summed E-state index contributed by atoms with van der Waals surface area (Å²) in [5.41, 5.74) is 0.629. The van der Waals surface area contributed by atoms with Gasteiger partial charge in [0.15, 0.2) is 0 Å². The van der Waals surface area contributed by atoms with Gasteiger partial charge in [0.25, 0.3) is 5.91 Å². The van der Waals surface area contributed by atoms with Crippen LogP contribution in [-0.2, 0) is 10.0 Å². The molecule has 2 aromatic rings. The maximum Gasteiger partial charge on any atom is 0.256 e. The Hall–Kier alpha value is -2.42. The number of hydrogen-bond acceptors (Lipinski definition) is 5. The van der Waals surface area contributed by atoms with E-state index < -0.39 is 10.0 Å². The van der Waals surface area contributed by atoms with Crippen LogP contribution in [0.1, 0.15) is 16.4 Å². The van der Waals surface area contributed by atoms with Crippen LogP contribution in [0.15, 0.2) is 36.7 Å². The summed E-state index contributed by atoms with van der Waals surface area (Å²) in [5.74, 6) is -0.205. The first-order valence-electron chi connectivity index (χ1n) is 6.66. The van der Waals surface area contributed by atoms with E-state index in [1.54, 1.807) is 46.2 Å². The molecule has 3 rings (SSSR count). The number of benzene rings is 1. The second-order valence-electron chi connectivity index (χ2n) is 5.17. The summed E-state index contributed by atoms with van der Waals surface area (Å²) in [6.45, 7) is 1.05. The molecule has 1 aliphatic rings. The molecule has 0 bridgehead atoms. The lowest BCUT2D eigenvalue weighted by Crippen LogP contribution is -2.51. The van der Waals surface area contributed by atoms with E-state index in [2.05, 4.69) is 15.0 Å². The number of para-hydroxylation sites is 1. The number of hydrogen-bond donors (Lipinski definition) is 1. The molecule has 1 aromatic heterocycles. The molecule has 0 aliphatic carbocycles. The van der Waals surface area contributed by atoms with Gasteiger partial charge in [0, 0.05) is 19.3 Å². The lowest BCUT2D eigenvalue weighted by molar-refractivity contribution is 0.0499. The van der Waals surface area contributed by atoms with Crippen LogP contribution >= 0.6 is 0 Å². The Kier molecular flexibility index (Phi) is 3.57. The Morgan fingerprint density at radius 2 is 2.05 bits per heavy atom. The average Bonchev–Trinajstić information content (AvgIpc) is 2.89. The number of carbonyl (C=O) groups is 1. The molecule has 116 valence electrons. The second kappa shape index (κ2) is 5.41. The third kappa shape index (κ3) is 2.93. The van der Waals surface area contributed by atoms with E-state index in [0.29, 0.717) is 24.3 Å². The fourth-order valence-corrected chi connectivity index (χ4v) is 2.91. The van der Waals surface area contributed by atoms with Gasteiger partial charge in [0.05, 0.1) is 29.7 Å². The number of nitrogens with one attached hydrogen (secondary N) is 1. The third-order valence-electron chi connectivity index (χ3n) is 3.42. The monoisotopic (exact) mass is 321 g/mol.